The maximum Gasteiger partial charge on any atom is 0.471 e. The molecule has 0 aliphatic carbocycles. The summed E-state index contributed by atoms with van der Waals surface area (Å²) in [6, 6.07) is 7.19. The van der Waals surface area contributed by atoms with Crippen LogP contribution in [-0.4, -0.2) is 55.2 Å². The normalized spacial score (nSPS) is 21.7. The number of amides is 2. The van der Waals surface area contributed by atoms with E-state index >= 15 is 0 Å². The molecule has 2 aromatic rings. The summed E-state index contributed by atoms with van der Waals surface area (Å²) in [5, 5.41) is 2.11. The van der Waals surface area contributed by atoms with Crippen LogP contribution in [0.2, 0.25) is 0 Å². The lowest BCUT2D eigenvalue weighted by Crippen LogP contribution is -2.55. The van der Waals surface area contributed by atoms with Gasteiger partial charge in [0, 0.05) is 32.1 Å². The van der Waals surface area contributed by atoms with E-state index in [2.05, 4.69) is 17.4 Å². The molecule has 7 nitrogen and oxygen atoms in total. The van der Waals surface area contributed by atoms with Crippen molar-refractivity contribution in [3.63, 3.8) is 0 Å². The first-order valence-electron chi connectivity index (χ1n) is 10.6. The molecule has 32 heavy (non-hydrogen) atoms. The van der Waals surface area contributed by atoms with Crippen LogP contribution in [0.5, 0.6) is 0 Å². The molecule has 1 unspecified atom stereocenters. The molecule has 2 amide bonds. The number of hydrogen-bond acceptors (Lipinski definition) is 5. The van der Waals surface area contributed by atoms with Gasteiger partial charge >= 0.3 is 12.1 Å². The molecule has 0 bridgehead atoms. The van der Waals surface area contributed by atoms with Gasteiger partial charge in [-0.2, -0.15) is 13.2 Å². The van der Waals surface area contributed by atoms with E-state index in [1.54, 1.807) is 18.2 Å². The third-order valence-corrected chi connectivity index (χ3v) is 5.84. The van der Waals surface area contributed by atoms with E-state index in [0.29, 0.717) is 6.54 Å². The van der Waals surface area contributed by atoms with E-state index in [0.717, 1.165) is 30.0 Å². The topological polar surface area (TPSA) is 69.0 Å². The average molecular weight is 450 g/mol. The quantitative estimate of drug-likeness (QED) is 0.772. The second-order valence-corrected chi connectivity index (χ2v) is 8.17. The largest absolute Gasteiger partial charge is 0.471 e. The average Bonchev–Trinajstić information content (AvgIpc) is 3.44. The van der Waals surface area contributed by atoms with Gasteiger partial charge in [0.05, 0.1) is 23.7 Å². The van der Waals surface area contributed by atoms with Gasteiger partial charge in [-0.15, -0.1) is 0 Å². The van der Waals surface area contributed by atoms with Gasteiger partial charge in [0.2, 0.25) is 0 Å². The number of hydrazine groups is 1. The summed E-state index contributed by atoms with van der Waals surface area (Å²) in [7, 11) is 0. The zero-order valence-corrected chi connectivity index (χ0v) is 17.9. The Labute approximate surface area is 183 Å². The van der Waals surface area contributed by atoms with Crippen molar-refractivity contribution in [3.05, 3.63) is 47.9 Å². The summed E-state index contributed by atoms with van der Waals surface area (Å²) < 4.78 is 45.2. The van der Waals surface area contributed by atoms with E-state index in [-0.39, 0.29) is 29.6 Å². The fourth-order valence-corrected chi connectivity index (χ4v) is 4.37. The molecule has 0 spiro atoms. The van der Waals surface area contributed by atoms with Crippen LogP contribution in [0.25, 0.3) is 0 Å². The fraction of sp³-hybridized carbons (Fsp3) is 0.455. The van der Waals surface area contributed by atoms with Gasteiger partial charge < -0.3 is 9.32 Å². The first-order valence-corrected chi connectivity index (χ1v) is 10.6. The molecule has 10 heteroatoms. The molecule has 1 aromatic carbocycles. The van der Waals surface area contributed by atoms with E-state index in [1.807, 2.05) is 0 Å². The molecule has 172 valence electrons. The maximum atomic E-state index is 13.3. The van der Waals surface area contributed by atoms with Crippen LogP contribution in [0.4, 0.5) is 24.5 Å². The molecule has 2 aliphatic heterocycles. The zero-order valence-electron chi connectivity index (χ0n) is 17.9. The number of carbonyl (C=O) groups excluding carboxylic acids is 2. The SMILES string of the molecule is CCCN1CC(c2ccc3c(c2)N(C(=O)c2ccco2)C[C@H](C)N3C(=O)C(F)(F)F)CN1. The predicted molar refractivity (Wildman–Crippen MR) is 112 cm³/mol. The molecule has 0 radical (unpaired) electrons. The third kappa shape index (κ3) is 4.12. The van der Waals surface area contributed by atoms with Crippen LogP contribution in [0, 0.1) is 0 Å². The fourth-order valence-electron chi connectivity index (χ4n) is 4.37. The number of nitrogens with zero attached hydrogens (tertiary/aromatic N) is 3. The first-order chi connectivity index (χ1) is 15.2. The van der Waals surface area contributed by atoms with Crippen molar-refractivity contribution >= 4 is 23.2 Å². The van der Waals surface area contributed by atoms with Crippen LogP contribution in [0.3, 0.4) is 0 Å². The van der Waals surface area contributed by atoms with Crippen molar-refractivity contribution < 1.29 is 27.2 Å². The number of furan rings is 1. The molecule has 2 aliphatic rings. The molecule has 1 N–H and O–H groups in total. The van der Waals surface area contributed by atoms with Crippen LogP contribution in [0.15, 0.2) is 41.0 Å². The molecule has 2 atom stereocenters. The van der Waals surface area contributed by atoms with Gasteiger partial charge in [-0.05, 0) is 43.2 Å². The molecule has 1 saturated heterocycles. The summed E-state index contributed by atoms with van der Waals surface area (Å²) >= 11 is 0. The highest BCUT2D eigenvalue weighted by Crippen LogP contribution is 2.40. The molecule has 1 aromatic heterocycles. The Hall–Kier alpha value is -2.85. The Morgan fingerprint density at radius 1 is 1.19 bits per heavy atom. The summed E-state index contributed by atoms with van der Waals surface area (Å²) in [6.45, 7) is 5.82. The number of nitrogens with one attached hydrogen (secondary N) is 1. The number of anilines is 2. The summed E-state index contributed by atoms with van der Waals surface area (Å²) in [5.41, 5.74) is 4.54. The monoisotopic (exact) mass is 450 g/mol. The van der Waals surface area contributed by atoms with Crippen molar-refractivity contribution in [2.45, 2.75) is 38.4 Å². The predicted octanol–water partition coefficient (Wildman–Crippen LogP) is 3.54. The van der Waals surface area contributed by atoms with Gasteiger partial charge in [-0.1, -0.05) is 13.0 Å². The lowest BCUT2D eigenvalue weighted by Gasteiger charge is -2.41. The van der Waals surface area contributed by atoms with E-state index in [9.17, 15) is 22.8 Å². The van der Waals surface area contributed by atoms with Gasteiger partial charge in [0.15, 0.2) is 5.76 Å². The number of halogens is 3. The first kappa shape index (κ1) is 22.3. The number of hydrogen-bond donors (Lipinski definition) is 1. The molecule has 4 rings (SSSR count). The third-order valence-electron chi connectivity index (χ3n) is 5.84. The van der Waals surface area contributed by atoms with Crippen molar-refractivity contribution in [3.8, 4) is 0 Å². The zero-order chi connectivity index (χ0) is 23.0. The number of rotatable bonds is 4. The number of carbonyl (C=O) groups is 2. The molecular formula is C22H25F3N4O3. The number of alkyl halides is 3. The Balaban J connectivity index is 1.74. The maximum absolute atomic E-state index is 13.3. The second kappa shape index (κ2) is 8.59. The molecular weight excluding hydrogens is 425 g/mol. The van der Waals surface area contributed by atoms with Crippen LogP contribution < -0.4 is 15.2 Å². The minimum Gasteiger partial charge on any atom is -0.459 e. The smallest absolute Gasteiger partial charge is 0.459 e. The van der Waals surface area contributed by atoms with Crippen molar-refractivity contribution in [2.75, 3.05) is 36.0 Å². The van der Waals surface area contributed by atoms with Gasteiger partial charge in [-0.25, -0.2) is 5.01 Å². The van der Waals surface area contributed by atoms with Crippen molar-refractivity contribution in [1.82, 2.24) is 10.4 Å². The van der Waals surface area contributed by atoms with Gasteiger partial charge in [-0.3, -0.25) is 19.9 Å². The van der Waals surface area contributed by atoms with E-state index in [1.165, 1.54) is 30.2 Å². The molecule has 1 fully saturated rings. The van der Waals surface area contributed by atoms with Gasteiger partial charge in [0.25, 0.3) is 5.91 Å². The minimum absolute atomic E-state index is 0.0612. The Kier molecular flexibility index (Phi) is 6.00. The Morgan fingerprint density at radius 3 is 2.62 bits per heavy atom. The lowest BCUT2D eigenvalue weighted by molar-refractivity contribution is -0.170. The summed E-state index contributed by atoms with van der Waals surface area (Å²) in [4.78, 5) is 27.4. The van der Waals surface area contributed by atoms with Gasteiger partial charge in [0.1, 0.15) is 0 Å². The summed E-state index contributed by atoms with van der Waals surface area (Å²) in [5.74, 6) is -2.21. The minimum atomic E-state index is -5.02. The lowest BCUT2D eigenvalue weighted by atomic mass is 9.96. The standard InChI is InChI=1S/C22H25F3N4O3/c1-3-8-27-13-16(11-26-27)15-6-7-17-18(10-15)28(20(30)19-5-4-9-32-19)12-14(2)29(17)21(31)22(23,24)25/h4-7,9-10,14,16,26H,3,8,11-13H2,1-2H3/t14-,16?/m0/s1. The highest BCUT2D eigenvalue weighted by Gasteiger charge is 2.47. The Morgan fingerprint density at radius 2 is 1.97 bits per heavy atom. The number of fused-ring (bicyclic) bond motifs is 1. The second-order valence-electron chi connectivity index (χ2n) is 8.17. The number of benzene rings is 1. The van der Waals surface area contributed by atoms with E-state index in [4.69, 9.17) is 4.42 Å². The summed E-state index contributed by atoms with van der Waals surface area (Å²) in [6.07, 6.45) is -2.67. The van der Waals surface area contributed by atoms with Crippen LogP contribution in [0.1, 0.15) is 42.3 Å². The van der Waals surface area contributed by atoms with Crippen LogP contribution in [-0.2, 0) is 4.79 Å². The molecule has 3 heterocycles. The van der Waals surface area contributed by atoms with E-state index < -0.39 is 24.0 Å². The highest BCUT2D eigenvalue weighted by molar-refractivity contribution is 6.10. The Bertz CT molecular complexity index is 993. The van der Waals surface area contributed by atoms with Crippen molar-refractivity contribution in [2.24, 2.45) is 0 Å². The molecule has 0 saturated carbocycles. The van der Waals surface area contributed by atoms with Crippen LogP contribution >= 0.6 is 0 Å². The highest BCUT2D eigenvalue weighted by atomic mass is 19.4. The van der Waals surface area contributed by atoms with Crippen molar-refractivity contribution in [1.29, 1.82) is 0 Å².